The highest BCUT2D eigenvalue weighted by molar-refractivity contribution is 5.96. The summed E-state index contributed by atoms with van der Waals surface area (Å²) in [7, 11) is 0. The van der Waals surface area contributed by atoms with Crippen LogP contribution in [0.5, 0.6) is 0 Å². The van der Waals surface area contributed by atoms with E-state index >= 15 is 0 Å². The third kappa shape index (κ3) is 20.6. The van der Waals surface area contributed by atoms with Crippen molar-refractivity contribution >= 4 is 53.4 Å². The number of guanidine groups is 3. The van der Waals surface area contributed by atoms with Crippen molar-refractivity contribution in [2.45, 2.75) is 95.9 Å². The molecule has 0 spiro atoms. The Hall–Kier alpha value is -5.41. The highest BCUT2D eigenvalue weighted by Gasteiger charge is 2.32. The second-order valence-corrected chi connectivity index (χ2v) is 12.0. The maximum absolute atomic E-state index is 13.6. The average molecular weight is 729 g/mol. The molecule has 0 saturated carbocycles. The standard InChI is InChI=1S/C29H56N14O8/c1-15(2)21(39-16(3)45)25(49)43-20(14-44)24(48)41-17(9-6-12-37-28(32)33)22(46)40-18(10-7-13-38-29(34)35)23(47)42-19(26(50)51)8-4-5-11-36-27(30)31/h15,17-21,44H,4-14H2,1-3H3,(H,39,45)(H,40,46)(H,41,48)(H,42,47)(H,43,49)(H,50,51)(H4,30,31,36)(H4,32,33,37)(H4,34,35,38)/t17-,18-,19-,20-,21-/m0/s1. The molecular formula is C29H56N14O8. The van der Waals surface area contributed by atoms with Gasteiger partial charge in [-0.15, -0.1) is 0 Å². The Bertz CT molecular complexity index is 1220. The van der Waals surface area contributed by atoms with E-state index in [1.165, 1.54) is 6.92 Å². The number of nitrogens with one attached hydrogen (secondary N) is 11. The fourth-order valence-electron chi connectivity index (χ4n) is 4.58. The Morgan fingerprint density at radius 1 is 0.569 bits per heavy atom. The quantitative estimate of drug-likeness (QED) is 0.0239. The van der Waals surface area contributed by atoms with Crippen LogP contribution in [0.2, 0.25) is 0 Å². The molecule has 0 aromatic rings. The van der Waals surface area contributed by atoms with Gasteiger partial charge in [-0.3, -0.25) is 40.2 Å². The number of nitrogens with two attached hydrogens (primary N) is 3. The van der Waals surface area contributed by atoms with Gasteiger partial charge in [0, 0.05) is 26.6 Å². The van der Waals surface area contributed by atoms with Gasteiger partial charge in [0.25, 0.3) is 0 Å². The Kier molecular flexibility index (Phi) is 22.1. The third-order valence-corrected chi connectivity index (χ3v) is 7.21. The molecule has 0 aromatic heterocycles. The second-order valence-electron chi connectivity index (χ2n) is 12.0. The molecule has 0 bridgehead atoms. The van der Waals surface area contributed by atoms with Crippen LogP contribution in [0.1, 0.15) is 65.7 Å². The molecule has 290 valence electrons. The molecule has 0 aromatic carbocycles. The number of aliphatic carboxylic acids is 1. The molecule has 0 fully saturated rings. The van der Waals surface area contributed by atoms with Crippen molar-refractivity contribution in [1.29, 1.82) is 16.2 Å². The highest BCUT2D eigenvalue weighted by Crippen LogP contribution is 2.07. The molecule has 5 amide bonds. The number of amides is 5. The summed E-state index contributed by atoms with van der Waals surface area (Å²) in [5, 5.41) is 61.5. The summed E-state index contributed by atoms with van der Waals surface area (Å²) >= 11 is 0. The first-order valence-corrected chi connectivity index (χ1v) is 16.4. The number of carbonyl (C=O) groups excluding carboxylic acids is 5. The van der Waals surface area contributed by atoms with E-state index in [1.807, 2.05) is 0 Å². The van der Waals surface area contributed by atoms with Gasteiger partial charge in [-0.05, 0) is 50.9 Å². The number of hydrogen-bond acceptors (Lipinski definition) is 10. The van der Waals surface area contributed by atoms with Gasteiger partial charge in [-0.25, -0.2) is 4.79 Å². The number of aliphatic hydroxyl groups is 1. The first-order chi connectivity index (χ1) is 23.9. The molecule has 0 unspecified atom stereocenters. The van der Waals surface area contributed by atoms with Crippen LogP contribution in [-0.4, -0.2) is 120 Å². The predicted molar refractivity (Wildman–Crippen MR) is 187 cm³/mol. The minimum Gasteiger partial charge on any atom is -0.480 e. The largest absolute Gasteiger partial charge is 0.480 e. The monoisotopic (exact) mass is 728 g/mol. The van der Waals surface area contributed by atoms with E-state index in [0.717, 1.165) is 0 Å². The first kappa shape index (κ1) is 45.6. The lowest BCUT2D eigenvalue weighted by molar-refractivity contribution is -0.142. The van der Waals surface area contributed by atoms with Gasteiger partial charge >= 0.3 is 5.97 Å². The fourth-order valence-corrected chi connectivity index (χ4v) is 4.58. The Morgan fingerprint density at radius 3 is 1.31 bits per heavy atom. The predicted octanol–water partition coefficient (Wildman–Crippen LogP) is -4.66. The minimum absolute atomic E-state index is 0.0307. The maximum Gasteiger partial charge on any atom is 0.326 e. The summed E-state index contributed by atoms with van der Waals surface area (Å²) in [4.78, 5) is 76.7. The Balaban J connectivity index is 6.05. The molecule has 5 atom stereocenters. The van der Waals surface area contributed by atoms with Crippen LogP contribution >= 0.6 is 0 Å². The zero-order valence-electron chi connectivity index (χ0n) is 29.3. The summed E-state index contributed by atoms with van der Waals surface area (Å²) in [6.45, 7) is 4.28. The van der Waals surface area contributed by atoms with Gasteiger partial charge in [-0.1, -0.05) is 13.8 Å². The summed E-state index contributed by atoms with van der Waals surface area (Å²) < 4.78 is 0. The molecule has 0 rings (SSSR count). The van der Waals surface area contributed by atoms with Crippen LogP contribution in [0.4, 0.5) is 0 Å². The molecule has 0 saturated heterocycles. The topological polar surface area (TPSA) is 389 Å². The van der Waals surface area contributed by atoms with Gasteiger partial charge in [0.15, 0.2) is 17.9 Å². The summed E-state index contributed by atoms with van der Waals surface area (Å²) in [6.07, 6.45) is 1.14. The molecule has 0 heterocycles. The molecule has 0 aliphatic carbocycles. The molecule has 51 heavy (non-hydrogen) atoms. The summed E-state index contributed by atoms with van der Waals surface area (Å²) in [6, 6.07) is -6.52. The van der Waals surface area contributed by atoms with Crippen molar-refractivity contribution in [3.63, 3.8) is 0 Å². The van der Waals surface area contributed by atoms with Gasteiger partial charge in [-0.2, -0.15) is 0 Å². The molecule has 19 N–H and O–H groups in total. The van der Waals surface area contributed by atoms with Crippen molar-refractivity contribution < 1.29 is 39.0 Å². The number of unbranched alkanes of at least 4 members (excludes halogenated alkanes) is 1. The molecule has 0 aliphatic heterocycles. The fraction of sp³-hybridized carbons (Fsp3) is 0.690. The van der Waals surface area contributed by atoms with E-state index in [1.54, 1.807) is 13.8 Å². The van der Waals surface area contributed by atoms with Crippen molar-refractivity contribution in [3.05, 3.63) is 0 Å². The summed E-state index contributed by atoms with van der Waals surface area (Å²) in [5.41, 5.74) is 15.9. The molecule has 22 nitrogen and oxygen atoms in total. The number of carbonyl (C=O) groups is 6. The van der Waals surface area contributed by atoms with Crippen LogP contribution in [0.15, 0.2) is 0 Å². The van der Waals surface area contributed by atoms with Crippen LogP contribution < -0.4 is 59.7 Å². The Labute approximate surface area is 296 Å². The van der Waals surface area contributed by atoms with Crippen molar-refractivity contribution in [1.82, 2.24) is 42.5 Å². The lowest BCUT2D eigenvalue weighted by Crippen LogP contribution is -2.60. The third-order valence-electron chi connectivity index (χ3n) is 7.21. The SMILES string of the molecule is CC(=O)N[C@H](C(=O)N[C@@H](CO)C(=O)N[C@@H](CCCNC(=N)N)C(=O)N[C@@H](CCCNC(=N)N)C(=O)N[C@@H](CCCCNC(=N)N)C(=O)O)C(C)C. The van der Waals surface area contributed by atoms with E-state index in [2.05, 4.69) is 42.5 Å². The van der Waals surface area contributed by atoms with Gasteiger partial charge < -0.3 is 69.9 Å². The number of rotatable bonds is 25. The second kappa shape index (κ2) is 24.7. The van der Waals surface area contributed by atoms with Gasteiger partial charge in [0.2, 0.25) is 29.5 Å². The number of carboxylic acids is 1. The average Bonchev–Trinajstić information content (AvgIpc) is 3.03. The van der Waals surface area contributed by atoms with Gasteiger partial charge in [0.05, 0.1) is 6.61 Å². The van der Waals surface area contributed by atoms with E-state index in [9.17, 15) is 39.0 Å². The van der Waals surface area contributed by atoms with Crippen molar-refractivity contribution in [2.75, 3.05) is 26.2 Å². The maximum atomic E-state index is 13.6. The van der Waals surface area contributed by atoms with E-state index in [0.29, 0.717) is 19.4 Å². The molecule has 22 heteroatoms. The molecular weight excluding hydrogens is 672 g/mol. The number of aliphatic hydroxyl groups excluding tert-OH is 1. The lowest BCUT2D eigenvalue weighted by Gasteiger charge is -2.27. The molecule has 0 aliphatic rings. The normalized spacial score (nSPS) is 13.6. The summed E-state index contributed by atoms with van der Waals surface area (Å²) in [5.74, 6) is -6.46. The van der Waals surface area contributed by atoms with E-state index in [4.69, 9.17) is 33.4 Å². The van der Waals surface area contributed by atoms with Crippen molar-refractivity contribution in [2.24, 2.45) is 23.1 Å². The number of carboxylic acid groups (broad SMARTS) is 1. The zero-order chi connectivity index (χ0) is 39.1. The zero-order valence-corrected chi connectivity index (χ0v) is 29.3. The highest BCUT2D eigenvalue weighted by atomic mass is 16.4. The van der Waals surface area contributed by atoms with Crippen molar-refractivity contribution in [3.8, 4) is 0 Å². The van der Waals surface area contributed by atoms with Crippen LogP contribution in [-0.2, 0) is 28.8 Å². The smallest absolute Gasteiger partial charge is 0.326 e. The van der Waals surface area contributed by atoms with Crippen LogP contribution in [0.25, 0.3) is 0 Å². The van der Waals surface area contributed by atoms with E-state index < -0.39 is 72.3 Å². The minimum atomic E-state index is -1.53. The molecule has 0 radical (unpaired) electrons. The van der Waals surface area contributed by atoms with Crippen LogP contribution in [0.3, 0.4) is 0 Å². The van der Waals surface area contributed by atoms with E-state index in [-0.39, 0.29) is 69.0 Å². The first-order valence-electron chi connectivity index (χ1n) is 16.4. The van der Waals surface area contributed by atoms with Gasteiger partial charge in [0.1, 0.15) is 30.2 Å². The lowest BCUT2D eigenvalue weighted by atomic mass is 10.0. The van der Waals surface area contributed by atoms with Crippen LogP contribution in [0, 0.1) is 22.1 Å². The number of hydrogen-bond donors (Lipinski definition) is 16. The Morgan fingerprint density at radius 2 is 0.941 bits per heavy atom.